The highest BCUT2D eigenvalue weighted by Crippen LogP contribution is 2.29. The minimum atomic E-state index is -0.414. The Morgan fingerprint density at radius 2 is 2.05 bits per heavy atom. The molecule has 0 aliphatic heterocycles. The third-order valence-corrected chi connectivity index (χ3v) is 3.56. The van der Waals surface area contributed by atoms with Gasteiger partial charge in [-0.15, -0.1) is 0 Å². The van der Waals surface area contributed by atoms with Crippen molar-refractivity contribution < 1.29 is 9.66 Å². The number of nitrogens with zero attached hydrogens (tertiary/aromatic N) is 2. The molecule has 21 heavy (non-hydrogen) atoms. The van der Waals surface area contributed by atoms with Gasteiger partial charge in [0.1, 0.15) is 12.4 Å². The zero-order valence-electron chi connectivity index (χ0n) is 11.4. The van der Waals surface area contributed by atoms with Crippen LogP contribution in [0.4, 0.5) is 5.69 Å². The molecule has 2 rings (SSSR count). The molecule has 7 heteroatoms. The van der Waals surface area contributed by atoms with E-state index < -0.39 is 4.92 Å². The molecular formula is C14H12Cl2N2O3. The van der Waals surface area contributed by atoms with Crippen LogP contribution < -0.4 is 4.74 Å². The molecule has 0 saturated heterocycles. The summed E-state index contributed by atoms with van der Waals surface area (Å²) >= 11 is 11.9. The van der Waals surface area contributed by atoms with Crippen LogP contribution in [0.1, 0.15) is 16.8 Å². The van der Waals surface area contributed by atoms with E-state index in [9.17, 15) is 10.1 Å². The summed E-state index contributed by atoms with van der Waals surface area (Å²) in [5, 5.41) is 12.0. The maximum atomic E-state index is 11.1. The van der Waals surface area contributed by atoms with Gasteiger partial charge in [0.2, 0.25) is 0 Å². The van der Waals surface area contributed by atoms with Crippen molar-refractivity contribution in [1.82, 2.24) is 4.98 Å². The van der Waals surface area contributed by atoms with Crippen LogP contribution in [0, 0.1) is 24.0 Å². The van der Waals surface area contributed by atoms with Crippen LogP contribution in [0.15, 0.2) is 24.4 Å². The number of hydrogen-bond donors (Lipinski definition) is 0. The van der Waals surface area contributed by atoms with Gasteiger partial charge < -0.3 is 4.74 Å². The van der Waals surface area contributed by atoms with Gasteiger partial charge in [-0.2, -0.15) is 0 Å². The van der Waals surface area contributed by atoms with Crippen LogP contribution in [0.5, 0.6) is 5.75 Å². The summed E-state index contributed by atoms with van der Waals surface area (Å²) in [6, 6.07) is 4.86. The fourth-order valence-corrected chi connectivity index (χ4v) is 2.26. The van der Waals surface area contributed by atoms with Gasteiger partial charge in [-0.05, 0) is 26.0 Å². The molecule has 0 unspecified atom stereocenters. The Morgan fingerprint density at radius 3 is 2.71 bits per heavy atom. The Kier molecular flexibility index (Phi) is 4.65. The predicted octanol–water partition coefficient (Wildman–Crippen LogP) is 4.49. The highest BCUT2D eigenvalue weighted by molar-refractivity contribution is 6.34. The summed E-state index contributed by atoms with van der Waals surface area (Å²) in [5.41, 5.74) is 1.55. The normalized spacial score (nSPS) is 10.5. The molecule has 0 N–H and O–H groups in total. The summed E-state index contributed by atoms with van der Waals surface area (Å²) in [4.78, 5) is 14.8. The Balaban J connectivity index is 2.27. The van der Waals surface area contributed by atoms with Crippen LogP contribution in [0.3, 0.4) is 0 Å². The number of hydrogen-bond acceptors (Lipinski definition) is 4. The highest BCUT2D eigenvalue weighted by atomic mass is 35.5. The van der Waals surface area contributed by atoms with Gasteiger partial charge in [-0.1, -0.05) is 23.2 Å². The molecule has 1 aromatic heterocycles. The smallest absolute Gasteiger partial charge is 0.278 e. The molecule has 0 radical (unpaired) electrons. The SMILES string of the molecule is Cc1cnc(COc2cc(Cl)ccc2Cl)c(C)c1[N+](=O)[O-]. The van der Waals surface area contributed by atoms with Gasteiger partial charge in [0, 0.05) is 22.8 Å². The number of aryl methyl sites for hydroxylation is 1. The minimum Gasteiger partial charge on any atom is -0.486 e. The second kappa shape index (κ2) is 6.28. The second-order valence-electron chi connectivity index (χ2n) is 4.48. The fourth-order valence-electron chi connectivity index (χ4n) is 1.93. The molecule has 5 nitrogen and oxygen atoms in total. The van der Waals surface area contributed by atoms with Crippen molar-refractivity contribution in [3.63, 3.8) is 0 Å². The molecule has 2 aromatic rings. The largest absolute Gasteiger partial charge is 0.486 e. The van der Waals surface area contributed by atoms with Crippen LogP contribution in [0.25, 0.3) is 0 Å². The first-order chi connectivity index (χ1) is 9.90. The second-order valence-corrected chi connectivity index (χ2v) is 5.33. The summed E-state index contributed by atoms with van der Waals surface area (Å²) < 4.78 is 5.56. The average molecular weight is 327 g/mol. The quantitative estimate of drug-likeness (QED) is 0.613. The fraction of sp³-hybridized carbons (Fsp3) is 0.214. The average Bonchev–Trinajstić information content (AvgIpc) is 2.41. The van der Waals surface area contributed by atoms with Crippen molar-refractivity contribution in [2.75, 3.05) is 0 Å². The summed E-state index contributed by atoms with van der Waals surface area (Å²) in [5.74, 6) is 0.411. The van der Waals surface area contributed by atoms with Gasteiger partial charge in [-0.25, -0.2) is 0 Å². The molecule has 1 heterocycles. The van der Waals surface area contributed by atoms with Gasteiger partial charge in [-0.3, -0.25) is 15.1 Å². The number of pyridine rings is 1. The molecule has 0 saturated carbocycles. The van der Waals surface area contributed by atoms with Crippen molar-refractivity contribution in [2.24, 2.45) is 0 Å². The first-order valence-corrected chi connectivity index (χ1v) is 6.83. The van der Waals surface area contributed by atoms with Crippen molar-refractivity contribution in [3.8, 4) is 5.75 Å². The van der Waals surface area contributed by atoms with Crippen LogP contribution in [-0.4, -0.2) is 9.91 Å². The zero-order valence-corrected chi connectivity index (χ0v) is 12.9. The van der Waals surface area contributed by atoms with E-state index >= 15 is 0 Å². The van der Waals surface area contributed by atoms with Crippen molar-refractivity contribution in [2.45, 2.75) is 20.5 Å². The third-order valence-electron chi connectivity index (χ3n) is 3.02. The van der Waals surface area contributed by atoms with Crippen LogP contribution in [-0.2, 0) is 6.61 Å². The first-order valence-electron chi connectivity index (χ1n) is 6.07. The first kappa shape index (κ1) is 15.5. The molecule has 1 aromatic carbocycles. The van der Waals surface area contributed by atoms with Crippen molar-refractivity contribution in [1.29, 1.82) is 0 Å². The number of benzene rings is 1. The lowest BCUT2D eigenvalue weighted by Crippen LogP contribution is -2.05. The van der Waals surface area contributed by atoms with E-state index in [1.807, 2.05) is 0 Å². The molecule has 0 aliphatic rings. The number of aromatic nitrogens is 1. The predicted molar refractivity (Wildman–Crippen MR) is 81.2 cm³/mol. The number of nitro groups is 1. The molecule has 0 amide bonds. The van der Waals surface area contributed by atoms with E-state index in [-0.39, 0.29) is 12.3 Å². The zero-order chi connectivity index (χ0) is 15.6. The van der Waals surface area contributed by atoms with E-state index in [4.69, 9.17) is 27.9 Å². The summed E-state index contributed by atoms with van der Waals surface area (Å²) in [6.07, 6.45) is 1.46. The third kappa shape index (κ3) is 3.43. The van der Waals surface area contributed by atoms with E-state index in [0.717, 1.165) is 0 Å². The molecule has 0 bridgehead atoms. The molecule has 0 atom stereocenters. The highest BCUT2D eigenvalue weighted by Gasteiger charge is 2.19. The van der Waals surface area contributed by atoms with Crippen molar-refractivity contribution in [3.05, 3.63) is 61.4 Å². The van der Waals surface area contributed by atoms with Crippen LogP contribution >= 0.6 is 23.2 Å². The number of halogens is 2. The molecular weight excluding hydrogens is 315 g/mol. The van der Waals surface area contributed by atoms with E-state index in [1.54, 1.807) is 32.0 Å². The topological polar surface area (TPSA) is 65.3 Å². The molecule has 110 valence electrons. The maximum Gasteiger partial charge on any atom is 0.278 e. The standard InChI is InChI=1S/C14H12Cl2N2O3/c1-8-6-17-12(9(2)14(8)18(19)20)7-21-13-5-10(15)3-4-11(13)16/h3-6H,7H2,1-2H3. The Labute approximate surface area is 131 Å². The Hall–Kier alpha value is -1.85. The van der Waals surface area contributed by atoms with E-state index in [0.29, 0.717) is 32.6 Å². The lowest BCUT2D eigenvalue weighted by Gasteiger charge is -2.10. The summed E-state index contributed by atoms with van der Waals surface area (Å²) in [6.45, 7) is 3.38. The minimum absolute atomic E-state index is 0.0563. The lowest BCUT2D eigenvalue weighted by molar-refractivity contribution is -0.386. The number of rotatable bonds is 4. The maximum absolute atomic E-state index is 11.1. The van der Waals surface area contributed by atoms with Crippen molar-refractivity contribution >= 4 is 28.9 Å². The molecule has 0 aliphatic carbocycles. The lowest BCUT2D eigenvalue weighted by atomic mass is 10.1. The van der Waals surface area contributed by atoms with Gasteiger partial charge in [0.15, 0.2) is 0 Å². The van der Waals surface area contributed by atoms with Gasteiger partial charge in [0.05, 0.1) is 21.2 Å². The van der Waals surface area contributed by atoms with E-state index in [1.165, 1.54) is 6.20 Å². The van der Waals surface area contributed by atoms with Gasteiger partial charge >= 0.3 is 0 Å². The van der Waals surface area contributed by atoms with E-state index in [2.05, 4.69) is 4.98 Å². The van der Waals surface area contributed by atoms with Crippen LogP contribution in [0.2, 0.25) is 10.0 Å². The number of ether oxygens (including phenoxy) is 1. The van der Waals surface area contributed by atoms with Gasteiger partial charge in [0.25, 0.3) is 5.69 Å². The monoisotopic (exact) mass is 326 g/mol. The Bertz CT molecular complexity index is 705. The Morgan fingerprint density at radius 1 is 1.33 bits per heavy atom. The molecule has 0 fully saturated rings. The molecule has 0 spiro atoms. The summed E-state index contributed by atoms with van der Waals surface area (Å²) in [7, 11) is 0.